The number of benzene rings is 1. The van der Waals surface area contributed by atoms with Crippen LogP contribution in [0.25, 0.3) is 0 Å². The summed E-state index contributed by atoms with van der Waals surface area (Å²) in [5, 5.41) is 4.89. The molecule has 21 heavy (non-hydrogen) atoms. The Hall–Kier alpha value is -1.79. The van der Waals surface area contributed by atoms with Crippen LogP contribution >= 0.6 is 0 Å². The molecule has 1 aromatic carbocycles. The van der Waals surface area contributed by atoms with E-state index >= 15 is 0 Å². The monoisotopic (exact) mass is 306 g/mol. The zero-order valence-corrected chi connectivity index (χ0v) is 11.7. The fourth-order valence-corrected chi connectivity index (χ4v) is 1.78. The first-order valence-electron chi connectivity index (χ1n) is 6.72. The maximum atomic E-state index is 12.9. The van der Waals surface area contributed by atoms with Crippen LogP contribution in [0.3, 0.4) is 0 Å². The molecule has 0 bridgehead atoms. The molecule has 0 saturated heterocycles. The number of amides is 2. The Labute approximate surface area is 120 Å². The number of unbranched alkanes of at least 4 members (excludes halogenated alkanes) is 2. The summed E-state index contributed by atoms with van der Waals surface area (Å²) in [7, 11) is 0. The molecule has 0 aliphatic rings. The molecular formula is C14H18F4N2O. The molecule has 3 nitrogen and oxygen atoms in total. The minimum atomic E-state index is -4.66. The van der Waals surface area contributed by atoms with Crippen molar-refractivity contribution >= 4 is 6.03 Å². The highest BCUT2D eigenvalue weighted by Gasteiger charge is 2.33. The summed E-state index contributed by atoms with van der Waals surface area (Å²) in [6.07, 6.45) is -1.87. The van der Waals surface area contributed by atoms with Gasteiger partial charge >= 0.3 is 12.2 Å². The number of nitrogens with one attached hydrogen (secondary N) is 2. The predicted octanol–water partition coefficient (Wildman–Crippen LogP) is 3.83. The summed E-state index contributed by atoms with van der Waals surface area (Å²) >= 11 is 0. The molecule has 0 aliphatic carbocycles. The van der Waals surface area contributed by atoms with Crippen molar-refractivity contribution in [1.29, 1.82) is 0 Å². The highest BCUT2D eigenvalue weighted by atomic mass is 19.4. The Morgan fingerprint density at radius 1 is 1.19 bits per heavy atom. The van der Waals surface area contributed by atoms with E-state index in [0.717, 1.165) is 31.4 Å². The Bertz CT molecular complexity index is 475. The van der Waals surface area contributed by atoms with Crippen molar-refractivity contribution in [3.63, 3.8) is 0 Å². The molecule has 118 valence electrons. The van der Waals surface area contributed by atoms with Gasteiger partial charge in [-0.3, -0.25) is 0 Å². The largest absolute Gasteiger partial charge is 0.416 e. The number of alkyl halides is 3. The Morgan fingerprint density at radius 2 is 1.90 bits per heavy atom. The number of hydrogen-bond donors (Lipinski definition) is 2. The molecular weight excluding hydrogens is 288 g/mol. The molecule has 1 aromatic rings. The van der Waals surface area contributed by atoms with Crippen LogP contribution in [0, 0.1) is 5.82 Å². The van der Waals surface area contributed by atoms with E-state index in [2.05, 4.69) is 10.6 Å². The van der Waals surface area contributed by atoms with Crippen molar-refractivity contribution in [1.82, 2.24) is 10.6 Å². The molecule has 0 unspecified atom stereocenters. The van der Waals surface area contributed by atoms with Gasteiger partial charge in [0, 0.05) is 13.1 Å². The Morgan fingerprint density at radius 3 is 2.52 bits per heavy atom. The first kappa shape index (κ1) is 17.3. The number of urea groups is 1. The summed E-state index contributed by atoms with van der Waals surface area (Å²) in [6.45, 7) is 2.18. The summed E-state index contributed by atoms with van der Waals surface area (Å²) < 4.78 is 51.2. The smallest absolute Gasteiger partial charge is 0.338 e. The molecule has 0 saturated carbocycles. The lowest BCUT2D eigenvalue weighted by Crippen LogP contribution is -2.36. The quantitative estimate of drug-likeness (QED) is 0.608. The fourth-order valence-electron chi connectivity index (χ4n) is 1.78. The lowest BCUT2D eigenvalue weighted by Gasteiger charge is -2.14. The van der Waals surface area contributed by atoms with Crippen LogP contribution < -0.4 is 10.6 Å². The van der Waals surface area contributed by atoms with Gasteiger partial charge in [0.2, 0.25) is 0 Å². The molecule has 0 fully saturated rings. The maximum absolute atomic E-state index is 12.9. The number of carbonyl (C=O) groups is 1. The van der Waals surface area contributed by atoms with Crippen LogP contribution in [0.4, 0.5) is 22.4 Å². The van der Waals surface area contributed by atoms with Gasteiger partial charge in [-0.2, -0.15) is 13.2 Å². The molecule has 0 radical (unpaired) electrons. The van der Waals surface area contributed by atoms with E-state index in [0.29, 0.717) is 12.6 Å². The average molecular weight is 306 g/mol. The van der Waals surface area contributed by atoms with Crippen LogP contribution in [-0.4, -0.2) is 12.6 Å². The van der Waals surface area contributed by atoms with Gasteiger partial charge in [-0.25, -0.2) is 9.18 Å². The van der Waals surface area contributed by atoms with E-state index in [4.69, 9.17) is 0 Å². The van der Waals surface area contributed by atoms with Crippen LogP contribution in [-0.2, 0) is 12.7 Å². The summed E-state index contributed by atoms with van der Waals surface area (Å²) in [5.74, 6) is -0.963. The van der Waals surface area contributed by atoms with Crippen molar-refractivity contribution in [2.75, 3.05) is 6.54 Å². The van der Waals surface area contributed by atoms with Gasteiger partial charge < -0.3 is 10.6 Å². The molecule has 2 amide bonds. The molecule has 1 rings (SSSR count). The third-order valence-corrected chi connectivity index (χ3v) is 2.88. The second kappa shape index (κ2) is 7.85. The van der Waals surface area contributed by atoms with Crippen LogP contribution in [0.5, 0.6) is 0 Å². The molecule has 0 aromatic heterocycles. The third kappa shape index (κ3) is 6.01. The fraction of sp³-hybridized carbons (Fsp3) is 0.500. The zero-order chi connectivity index (χ0) is 15.9. The lowest BCUT2D eigenvalue weighted by atomic mass is 10.1. The minimum absolute atomic E-state index is 0.174. The van der Waals surface area contributed by atoms with E-state index in [-0.39, 0.29) is 12.1 Å². The topological polar surface area (TPSA) is 41.1 Å². The van der Waals surface area contributed by atoms with E-state index < -0.39 is 23.6 Å². The van der Waals surface area contributed by atoms with Crippen LogP contribution in [0.15, 0.2) is 18.2 Å². The van der Waals surface area contributed by atoms with E-state index in [9.17, 15) is 22.4 Å². The number of halogens is 4. The van der Waals surface area contributed by atoms with Crippen molar-refractivity contribution in [2.24, 2.45) is 0 Å². The average Bonchev–Trinajstić information content (AvgIpc) is 2.41. The zero-order valence-electron chi connectivity index (χ0n) is 11.7. The van der Waals surface area contributed by atoms with Gasteiger partial charge in [0.05, 0.1) is 5.56 Å². The number of carbonyl (C=O) groups excluding carboxylic acids is 1. The minimum Gasteiger partial charge on any atom is -0.338 e. The molecule has 0 atom stereocenters. The first-order valence-corrected chi connectivity index (χ1v) is 6.72. The van der Waals surface area contributed by atoms with E-state index in [1.807, 2.05) is 6.92 Å². The molecule has 0 spiro atoms. The number of hydrogen-bond acceptors (Lipinski definition) is 1. The van der Waals surface area contributed by atoms with Gasteiger partial charge in [-0.1, -0.05) is 25.8 Å². The molecule has 2 N–H and O–H groups in total. The second-order valence-corrected chi connectivity index (χ2v) is 4.62. The van der Waals surface area contributed by atoms with E-state index in [1.54, 1.807) is 0 Å². The van der Waals surface area contributed by atoms with E-state index in [1.165, 1.54) is 0 Å². The van der Waals surface area contributed by atoms with Crippen molar-refractivity contribution in [3.8, 4) is 0 Å². The normalized spacial score (nSPS) is 11.3. The van der Waals surface area contributed by atoms with Gasteiger partial charge in [-0.15, -0.1) is 0 Å². The predicted molar refractivity (Wildman–Crippen MR) is 71.2 cm³/mol. The maximum Gasteiger partial charge on any atom is 0.416 e. The Balaban J connectivity index is 2.57. The number of rotatable bonds is 6. The molecule has 0 heterocycles. The second-order valence-electron chi connectivity index (χ2n) is 4.62. The first-order chi connectivity index (χ1) is 9.84. The van der Waals surface area contributed by atoms with Crippen molar-refractivity contribution in [3.05, 3.63) is 35.1 Å². The van der Waals surface area contributed by atoms with Gasteiger partial charge in [0.1, 0.15) is 5.82 Å². The van der Waals surface area contributed by atoms with Crippen LogP contribution in [0.2, 0.25) is 0 Å². The molecule has 7 heteroatoms. The van der Waals surface area contributed by atoms with Gasteiger partial charge in [0.25, 0.3) is 0 Å². The standard InChI is InChI=1S/C14H18F4N2O/c1-2-3-4-7-19-13(21)20-9-10-5-6-11(15)8-12(10)14(16,17)18/h5-6,8H,2-4,7,9H2,1H3,(H2,19,20,21). The lowest BCUT2D eigenvalue weighted by molar-refractivity contribution is -0.138. The van der Waals surface area contributed by atoms with Crippen molar-refractivity contribution < 1.29 is 22.4 Å². The SMILES string of the molecule is CCCCCNC(=O)NCc1ccc(F)cc1C(F)(F)F. The summed E-state index contributed by atoms with van der Waals surface area (Å²) in [5.41, 5.74) is -1.25. The highest BCUT2D eigenvalue weighted by Crippen LogP contribution is 2.32. The summed E-state index contributed by atoms with van der Waals surface area (Å²) in [4.78, 5) is 11.4. The van der Waals surface area contributed by atoms with Crippen molar-refractivity contribution in [2.45, 2.75) is 38.9 Å². The highest BCUT2D eigenvalue weighted by molar-refractivity contribution is 5.73. The third-order valence-electron chi connectivity index (χ3n) is 2.88. The van der Waals surface area contributed by atoms with Gasteiger partial charge in [-0.05, 0) is 24.1 Å². The summed E-state index contributed by atoms with van der Waals surface area (Å²) in [6, 6.07) is 1.85. The van der Waals surface area contributed by atoms with Gasteiger partial charge in [0.15, 0.2) is 0 Å². The van der Waals surface area contributed by atoms with Crippen LogP contribution in [0.1, 0.15) is 37.3 Å². The Kier molecular flexibility index (Phi) is 6.45. The molecule has 0 aliphatic heterocycles.